The van der Waals surface area contributed by atoms with Crippen LogP contribution in [0.15, 0.2) is 39.2 Å². The predicted molar refractivity (Wildman–Crippen MR) is 81.7 cm³/mol. The van der Waals surface area contributed by atoms with Gasteiger partial charge in [0.1, 0.15) is 0 Å². The molecule has 2 aromatic rings. The van der Waals surface area contributed by atoms with Crippen molar-refractivity contribution in [3.63, 3.8) is 0 Å². The number of nitrogens with one attached hydrogen (secondary N) is 1. The standard InChI is InChI=1S/C13H11BrN2O3S/c1-19-10-6-8(5-9(14)12(10)17)7-15-16-13(18)11-3-2-4-20-11/h2-7,17H,1H3,(H,16,18). The molecule has 1 aromatic carbocycles. The van der Waals surface area contributed by atoms with E-state index >= 15 is 0 Å². The number of carbonyl (C=O) groups excluding carboxylic acids is 1. The molecule has 1 aromatic heterocycles. The van der Waals surface area contributed by atoms with Crippen LogP contribution in [0.1, 0.15) is 15.2 Å². The number of phenols is 1. The minimum absolute atomic E-state index is 0.0206. The number of phenolic OH excluding ortho intramolecular Hbond substituents is 1. The van der Waals surface area contributed by atoms with E-state index in [0.717, 1.165) is 0 Å². The van der Waals surface area contributed by atoms with Crippen LogP contribution in [-0.2, 0) is 0 Å². The molecule has 0 aliphatic rings. The van der Waals surface area contributed by atoms with E-state index in [1.165, 1.54) is 24.7 Å². The van der Waals surface area contributed by atoms with Gasteiger partial charge >= 0.3 is 0 Å². The molecule has 0 spiro atoms. The zero-order chi connectivity index (χ0) is 14.5. The number of hydrogen-bond acceptors (Lipinski definition) is 5. The lowest BCUT2D eigenvalue weighted by molar-refractivity contribution is 0.0959. The number of hydrogen-bond donors (Lipinski definition) is 2. The van der Waals surface area contributed by atoms with Crippen molar-refractivity contribution in [2.24, 2.45) is 5.10 Å². The second kappa shape index (κ2) is 6.53. The van der Waals surface area contributed by atoms with Gasteiger partial charge in [-0.3, -0.25) is 4.79 Å². The molecule has 0 radical (unpaired) electrons. The summed E-state index contributed by atoms with van der Waals surface area (Å²) in [5, 5.41) is 15.4. The number of nitrogens with zero attached hydrogens (tertiary/aromatic N) is 1. The van der Waals surface area contributed by atoms with Crippen LogP contribution in [-0.4, -0.2) is 24.3 Å². The monoisotopic (exact) mass is 354 g/mol. The number of rotatable bonds is 4. The largest absolute Gasteiger partial charge is 0.503 e. The van der Waals surface area contributed by atoms with Crippen LogP contribution in [0, 0.1) is 0 Å². The number of carbonyl (C=O) groups is 1. The highest BCUT2D eigenvalue weighted by Crippen LogP contribution is 2.34. The normalized spacial score (nSPS) is 10.7. The van der Waals surface area contributed by atoms with Gasteiger partial charge in [-0.05, 0) is 45.1 Å². The Morgan fingerprint density at radius 1 is 1.55 bits per heavy atom. The summed E-state index contributed by atoms with van der Waals surface area (Å²) in [5.74, 6) is 0.0822. The summed E-state index contributed by atoms with van der Waals surface area (Å²) in [6, 6.07) is 6.79. The number of aromatic hydroxyl groups is 1. The molecule has 0 unspecified atom stereocenters. The van der Waals surface area contributed by atoms with E-state index in [2.05, 4.69) is 26.5 Å². The van der Waals surface area contributed by atoms with Crippen molar-refractivity contribution in [3.8, 4) is 11.5 Å². The molecule has 0 saturated heterocycles. The van der Waals surface area contributed by atoms with Crippen LogP contribution in [0.2, 0.25) is 0 Å². The van der Waals surface area contributed by atoms with Gasteiger partial charge in [0.2, 0.25) is 0 Å². The van der Waals surface area contributed by atoms with Crippen LogP contribution in [0.5, 0.6) is 11.5 Å². The third-order valence-corrected chi connectivity index (χ3v) is 3.87. The Bertz CT molecular complexity index is 641. The van der Waals surface area contributed by atoms with E-state index in [-0.39, 0.29) is 11.7 Å². The van der Waals surface area contributed by atoms with Crippen LogP contribution < -0.4 is 10.2 Å². The third-order valence-electron chi connectivity index (χ3n) is 2.40. The van der Waals surface area contributed by atoms with Crippen molar-refractivity contribution in [2.75, 3.05) is 7.11 Å². The molecule has 2 N–H and O–H groups in total. The van der Waals surface area contributed by atoms with Gasteiger partial charge in [0.25, 0.3) is 5.91 Å². The summed E-state index contributed by atoms with van der Waals surface area (Å²) < 4.78 is 5.51. The maximum atomic E-state index is 11.7. The average Bonchev–Trinajstić information content (AvgIpc) is 2.96. The number of ether oxygens (including phenoxy) is 1. The third kappa shape index (κ3) is 3.37. The van der Waals surface area contributed by atoms with Crippen LogP contribution in [0.25, 0.3) is 0 Å². The molecule has 0 fully saturated rings. The quantitative estimate of drug-likeness (QED) is 0.654. The van der Waals surface area contributed by atoms with Gasteiger partial charge in [0.05, 0.1) is 22.7 Å². The molecule has 5 nitrogen and oxygen atoms in total. The van der Waals surface area contributed by atoms with Crippen LogP contribution in [0.3, 0.4) is 0 Å². The average molecular weight is 355 g/mol. The number of hydrazone groups is 1. The molecule has 0 saturated carbocycles. The highest BCUT2D eigenvalue weighted by Gasteiger charge is 2.08. The summed E-state index contributed by atoms with van der Waals surface area (Å²) in [5.41, 5.74) is 3.11. The van der Waals surface area contributed by atoms with Crippen molar-refractivity contribution in [1.82, 2.24) is 5.43 Å². The molecule has 7 heteroatoms. The van der Waals surface area contributed by atoms with Gasteiger partial charge in [-0.1, -0.05) is 6.07 Å². The van der Waals surface area contributed by atoms with Crippen LogP contribution in [0.4, 0.5) is 0 Å². The van der Waals surface area contributed by atoms with Crippen LogP contribution >= 0.6 is 27.3 Å². The summed E-state index contributed by atoms with van der Waals surface area (Å²) in [4.78, 5) is 12.2. The van der Waals surface area contributed by atoms with E-state index in [1.54, 1.807) is 24.3 Å². The molecule has 0 bridgehead atoms. The van der Waals surface area contributed by atoms with Crippen molar-refractivity contribution in [3.05, 3.63) is 44.6 Å². The second-order valence-corrected chi connectivity index (χ2v) is 5.53. The molecule has 2 rings (SSSR count). The summed E-state index contributed by atoms with van der Waals surface area (Å²) in [6.07, 6.45) is 1.47. The number of halogens is 1. The van der Waals surface area contributed by atoms with E-state index in [4.69, 9.17) is 4.74 Å². The van der Waals surface area contributed by atoms with Gasteiger partial charge < -0.3 is 9.84 Å². The maximum absolute atomic E-state index is 11.7. The summed E-state index contributed by atoms with van der Waals surface area (Å²) in [6.45, 7) is 0. The Morgan fingerprint density at radius 3 is 3.00 bits per heavy atom. The Hall–Kier alpha value is -1.86. The molecule has 20 heavy (non-hydrogen) atoms. The lowest BCUT2D eigenvalue weighted by Crippen LogP contribution is -2.16. The minimum Gasteiger partial charge on any atom is -0.503 e. The fourth-order valence-electron chi connectivity index (χ4n) is 1.45. The molecular weight excluding hydrogens is 344 g/mol. The number of benzene rings is 1. The molecule has 1 amide bonds. The first-order valence-electron chi connectivity index (χ1n) is 5.55. The van der Waals surface area contributed by atoms with Crippen molar-refractivity contribution >= 4 is 39.4 Å². The minimum atomic E-state index is -0.263. The molecule has 0 aliphatic carbocycles. The number of methoxy groups -OCH3 is 1. The zero-order valence-electron chi connectivity index (χ0n) is 10.5. The smallest absolute Gasteiger partial charge is 0.281 e. The van der Waals surface area contributed by atoms with E-state index in [9.17, 15) is 9.90 Å². The van der Waals surface area contributed by atoms with Crippen molar-refractivity contribution < 1.29 is 14.6 Å². The topological polar surface area (TPSA) is 70.9 Å². The molecule has 1 heterocycles. The highest BCUT2D eigenvalue weighted by molar-refractivity contribution is 9.10. The van der Waals surface area contributed by atoms with E-state index in [0.29, 0.717) is 20.7 Å². The summed E-state index contributed by atoms with van der Waals surface area (Å²) >= 11 is 4.55. The van der Waals surface area contributed by atoms with Gasteiger partial charge in [-0.25, -0.2) is 5.43 Å². The lowest BCUT2D eigenvalue weighted by Gasteiger charge is -2.06. The summed E-state index contributed by atoms with van der Waals surface area (Å²) in [7, 11) is 1.46. The zero-order valence-corrected chi connectivity index (χ0v) is 12.9. The fraction of sp³-hybridized carbons (Fsp3) is 0.0769. The number of amides is 1. The Kier molecular flexibility index (Phi) is 4.75. The highest BCUT2D eigenvalue weighted by atomic mass is 79.9. The van der Waals surface area contributed by atoms with Gasteiger partial charge in [-0.2, -0.15) is 5.10 Å². The lowest BCUT2D eigenvalue weighted by atomic mass is 10.2. The SMILES string of the molecule is COc1cc(C=NNC(=O)c2cccs2)cc(Br)c1O. The van der Waals surface area contributed by atoms with Gasteiger partial charge in [-0.15, -0.1) is 11.3 Å². The van der Waals surface area contributed by atoms with Crippen molar-refractivity contribution in [2.45, 2.75) is 0 Å². The predicted octanol–water partition coefficient (Wildman–Crippen LogP) is 2.99. The first-order valence-corrected chi connectivity index (χ1v) is 7.22. The number of thiophene rings is 1. The second-order valence-electron chi connectivity index (χ2n) is 3.73. The molecule has 104 valence electrons. The Balaban J connectivity index is 2.08. The van der Waals surface area contributed by atoms with Gasteiger partial charge in [0.15, 0.2) is 11.5 Å². The fourth-order valence-corrected chi connectivity index (χ4v) is 2.53. The van der Waals surface area contributed by atoms with Gasteiger partial charge in [0, 0.05) is 0 Å². The Labute approximate surface area is 128 Å². The molecule has 0 atom stereocenters. The maximum Gasteiger partial charge on any atom is 0.281 e. The molecular formula is C13H11BrN2O3S. The van der Waals surface area contributed by atoms with E-state index in [1.807, 2.05) is 5.38 Å². The molecule has 0 aliphatic heterocycles. The van der Waals surface area contributed by atoms with E-state index < -0.39 is 0 Å². The first-order chi connectivity index (χ1) is 9.61. The Morgan fingerprint density at radius 2 is 2.35 bits per heavy atom. The first kappa shape index (κ1) is 14.5. The van der Waals surface area contributed by atoms with Crippen molar-refractivity contribution in [1.29, 1.82) is 0 Å².